The summed E-state index contributed by atoms with van der Waals surface area (Å²) in [5.74, 6) is 0.946. The van der Waals surface area contributed by atoms with Gasteiger partial charge in [-0.15, -0.1) is 24.0 Å². The van der Waals surface area contributed by atoms with Gasteiger partial charge in [0.25, 0.3) is 0 Å². The maximum absolute atomic E-state index is 12.7. The van der Waals surface area contributed by atoms with Gasteiger partial charge >= 0.3 is 6.61 Å². The van der Waals surface area contributed by atoms with Gasteiger partial charge in [0.15, 0.2) is 17.5 Å². The van der Waals surface area contributed by atoms with Gasteiger partial charge < -0.3 is 24.8 Å². The van der Waals surface area contributed by atoms with Crippen LogP contribution in [0.4, 0.5) is 8.78 Å². The minimum atomic E-state index is -2.92. The number of para-hydroxylation sites is 1. The zero-order chi connectivity index (χ0) is 19.2. The number of aliphatic imine (C=N–C) groups is 1. The molecule has 1 rings (SSSR count). The summed E-state index contributed by atoms with van der Waals surface area (Å²) in [4.78, 5) is 4.14. The van der Waals surface area contributed by atoms with E-state index in [4.69, 9.17) is 9.47 Å². The molecular weight excluding hydrogens is 471 g/mol. The first kappa shape index (κ1) is 25.6. The summed E-state index contributed by atoms with van der Waals surface area (Å²) in [6, 6.07) is 5.06. The number of hydrogen-bond acceptors (Lipinski definition) is 4. The van der Waals surface area contributed by atoms with E-state index >= 15 is 0 Å². The Balaban J connectivity index is 0.00000676. The van der Waals surface area contributed by atoms with Crippen molar-refractivity contribution in [3.63, 3.8) is 0 Å². The number of halogens is 3. The van der Waals surface area contributed by atoms with E-state index in [0.717, 1.165) is 32.4 Å². The highest BCUT2D eigenvalue weighted by molar-refractivity contribution is 14.0. The standard InChI is InChI=1S/C18H29F2N3O3.HI/c1-4-25-15-10-8-9-14(16(15)26-17(19)20)13-23-18(21-2)22-11-6-5-7-12-24-3;/h8-10,17H,4-7,11-13H2,1-3H3,(H2,21,22,23);1H. The summed E-state index contributed by atoms with van der Waals surface area (Å²) < 4.78 is 40.5. The van der Waals surface area contributed by atoms with Gasteiger partial charge in [0.1, 0.15) is 0 Å². The van der Waals surface area contributed by atoms with Gasteiger partial charge in [0.2, 0.25) is 0 Å². The van der Waals surface area contributed by atoms with Crippen LogP contribution in [0.5, 0.6) is 11.5 Å². The zero-order valence-electron chi connectivity index (χ0n) is 16.1. The van der Waals surface area contributed by atoms with E-state index in [1.807, 2.05) is 0 Å². The van der Waals surface area contributed by atoms with E-state index in [-0.39, 0.29) is 36.3 Å². The maximum Gasteiger partial charge on any atom is 0.387 e. The third-order valence-corrected chi connectivity index (χ3v) is 3.55. The fraction of sp³-hybridized carbons (Fsp3) is 0.611. The quantitative estimate of drug-likeness (QED) is 0.198. The van der Waals surface area contributed by atoms with Gasteiger partial charge in [-0.1, -0.05) is 12.1 Å². The topological polar surface area (TPSA) is 64.1 Å². The van der Waals surface area contributed by atoms with Crippen molar-refractivity contribution < 1.29 is 23.0 Å². The Bertz CT molecular complexity index is 549. The first-order valence-electron chi connectivity index (χ1n) is 8.75. The highest BCUT2D eigenvalue weighted by atomic mass is 127. The Morgan fingerprint density at radius 3 is 2.59 bits per heavy atom. The number of guanidine groups is 1. The van der Waals surface area contributed by atoms with Gasteiger partial charge in [0.05, 0.1) is 6.61 Å². The minimum absolute atomic E-state index is 0. The number of alkyl halides is 2. The molecule has 0 fully saturated rings. The molecule has 0 aliphatic carbocycles. The molecule has 0 heterocycles. The third-order valence-electron chi connectivity index (χ3n) is 3.55. The lowest BCUT2D eigenvalue weighted by atomic mass is 10.2. The predicted octanol–water partition coefficient (Wildman–Crippen LogP) is 3.79. The second kappa shape index (κ2) is 15.7. The van der Waals surface area contributed by atoms with E-state index < -0.39 is 6.61 Å². The predicted molar refractivity (Wildman–Crippen MR) is 114 cm³/mol. The Kier molecular flexibility index (Phi) is 14.9. The van der Waals surface area contributed by atoms with Crippen molar-refractivity contribution in [2.75, 3.05) is 33.9 Å². The fourth-order valence-corrected chi connectivity index (χ4v) is 2.35. The van der Waals surface area contributed by atoms with Gasteiger partial charge in [-0.3, -0.25) is 4.99 Å². The van der Waals surface area contributed by atoms with Crippen LogP contribution in [0.1, 0.15) is 31.7 Å². The maximum atomic E-state index is 12.7. The Morgan fingerprint density at radius 2 is 1.96 bits per heavy atom. The average molecular weight is 501 g/mol. The zero-order valence-corrected chi connectivity index (χ0v) is 18.4. The highest BCUT2D eigenvalue weighted by Gasteiger charge is 2.15. The van der Waals surface area contributed by atoms with Crippen molar-refractivity contribution in [3.05, 3.63) is 23.8 Å². The number of unbranched alkanes of at least 4 members (excludes halogenated alkanes) is 2. The smallest absolute Gasteiger partial charge is 0.387 e. The molecule has 2 N–H and O–H groups in total. The number of ether oxygens (including phenoxy) is 3. The summed E-state index contributed by atoms with van der Waals surface area (Å²) in [7, 11) is 3.35. The lowest BCUT2D eigenvalue weighted by Crippen LogP contribution is -2.37. The SMILES string of the molecule is CCOc1cccc(CNC(=NC)NCCCCCOC)c1OC(F)F.I. The van der Waals surface area contributed by atoms with E-state index in [0.29, 0.717) is 23.9 Å². The average Bonchev–Trinajstić information content (AvgIpc) is 2.62. The van der Waals surface area contributed by atoms with Crippen LogP contribution in [-0.4, -0.2) is 46.5 Å². The van der Waals surface area contributed by atoms with Crippen LogP contribution in [0.25, 0.3) is 0 Å². The van der Waals surface area contributed by atoms with Crippen molar-refractivity contribution >= 4 is 29.9 Å². The molecule has 0 unspecified atom stereocenters. The Morgan fingerprint density at radius 1 is 1.19 bits per heavy atom. The molecule has 27 heavy (non-hydrogen) atoms. The lowest BCUT2D eigenvalue weighted by molar-refractivity contribution is -0.0520. The van der Waals surface area contributed by atoms with Crippen molar-refractivity contribution in [2.24, 2.45) is 4.99 Å². The van der Waals surface area contributed by atoms with Crippen molar-refractivity contribution in [1.29, 1.82) is 0 Å². The third kappa shape index (κ3) is 10.5. The van der Waals surface area contributed by atoms with Gasteiger partial charge in [0, 0.05) is 39.4 Å². The van der Waals surface area contributed by atoms with Gasteiger partial charge in [-0.2, -0.15) is 8.78 Å². The Labute approximate surface area is 177 Å². The summed E-state index contributed by atoms with van der Waals surface area (Å²) in [6.45, 7) is 1.04. The summed E-state index contributed by atoms with van der Waals surface area (Å²) in [5, 5.41) is 6.30. The number of nitrogens with one attached hydrogen (secondary N) is 2. The molecule has 0 aliphatic heterocycles. The largest absolute Gasteiger partial charge is 0.490 e. The van der Waals surface area contributed by atoms with Crippen LogP contribution >= 0.6 is 24.0 Å². The van der Waals surface area contributed by atoms with Crippen LogP contribution in [0.2, 0.25) is 0 Å². The molecule has 1 aromatic carbocycles. The molecule has 0 saturated heterocycles. The molecule has 0 amide bonds. The second-order valence-corrected chi connectivity index (χ2v) is 5.46. The first-order valence-corrected chi connectivity index (χ1v) is 8.75. The molecule has 0 atom stereocenters. The molecule has 0 bridgehead atoms. The van der Waals surface area contributed by atoms with E-state index in [1.165, 1.54) is 0 Å². The monoisotopic (exact) mass is 501 g/mol. The van der Waals surface area contributed by atoms with Crippen molar-refractivity contribution in [2.45, 2.75) is 39.3 Å². The normalized spacial score (nSPS) is 11.1. The number of hydrogen-bond donors (Lipinski definition) is 2. The van der Waals surface area contributed by atoms with Gasteiger partial charge in [-0.05, 0) is 32.3 Å². The van der Waals surface area contributed by atoms with Crippen molar-refractivity contribution in [3.8, 4) is 11.5 Å². The molecule has 0 aromatic heterocycles. The van der Waals surface area contributed by atoms with Crippen LogP contribution < -0.4 is 20.1 Å². The summed E-state index contributed by atoms with van der Waals surface area (Å²) >= 11 is 0. The molecule has 0 aliphatic rings. The van der Waals surface area contributed by atoms with E-state index in [9.17, 15) is 8.78 Å². The molecule has 6 nitrogen and oxygen atoms in total. The molecule has 0 radical (unpaired) electrons. The molecule has 0 spiro atoms. The highest BCUT2D eigenvalue weighted by Crippen LogP contribution is 2.32. The Hall–Kier alpha value is -1.36. The first-order chi connectivity index (χ1) is 12.6. The van der Waals surface area contributed by atoms with E-state index in [2.05, 4.69) is 20.4 Å². The molecule has 1 aromatic rings. The molecule has 0 saturated carbocycles. The van der Waals surface area contributed by atoms with Crippen LogP contribution in [0.15, 0.2) is 23.2 Å². The number of nitrogens with zero attached hydrogens (tertiary/aromatic N) is 1. The molecule has 156 valence electrons. The van der Waals surface area contributed by atoms with Crippen LogP contribution in [0, 0.1) is 0 Å². The van der Waals surface area contributed by atoms with Crippen LogP contribution in [0.3, 0.4) is 0 Å². The second-order valence-electron chi connectivity index (χ2n) is 5.46. The number of methoxy groups -OCH3 is 1. The van der Waals surface area contributed by atoms with Gasteiger partial charge in [-0.25, -0.2) is 0 Å². The summed E-state index contributed by atoms with van der Waals surface area (Å²) in [5.41, 5.74) is 0.569. The van der Waals surface area contributed by atoms with Crippen LogP contribution in [-0.2, 0) is 11.3 Å². The summed E-state index contributed by atoms with van der Waals surface area (Å²) in [6.07, 6.45) is 3.06. The number of benzene rings is 1. The molecule has 9 heteroatoms. The lowest BCUT2D eigenvalue weighted by Gasteiger charge is -2.17. The number of rotatable bonds is 12. The molecular formula is C18H30F2IN3O3. The van der Waals surface area contributed by atoms with Crippen molar-refractivity contribution in [1.82, 2.24) is 10.6 Å². The van der Waals surface area contributed by atoms with E-state index in [1.54, 1.807) is 39.3 Å². The minimum Gasteiger partial charge on any atom is -0.490 e. The fourth-order valence-electron chi connectivity index (χ4n) is 2.35.